The highest BCUT2D eigenvalue weighted by Gasteiger charge is 2.67. The van der Waals surface area contributed by atoms with E-state index in [0.717, 1.165) is 16.7 Å². The van der Waals surface area contributed by atoms with Gasteiger partial charge >= 0.3 is 0 Å². The van der Waals surface area contributed by atoms with Crippen molar-refractivity contribution in [2.45, 2.75) is 37.2 Å². The molecule has 10 nitrogen and oxygen atoms in total. The number of phenolic OH excluding ortho intramolecular Hbond substituents is 1. The van der Waals surface area contributed by atoms with E-state index in [2.05, 4.69) is 0 Å². The number of aliphatic hydroxyl groups excluding tert-OH is 2. The first-order chi connectivity index (χ1) is 18.4. The normalized spacial score (nSPS) is 30.2. The van der Waals surface area contributed by atoms with Crippen molar-refractivity contribution in [1.82, 2.24) is 4.90 Å². The number of rotatable bonds is 5. The molecule has 0 heterocycles. The number of likely N-dealkylation sites (N-methyl/N-ethyl adjacent to an activating group) is 1. The number of benzene rings is 2. The molecular weight excluding hydrogens is 504 g/mol. The number of Topliss-reactive ketones (excluding diaryl/α,β-unsaturated/α-hetero) is 2. The Kier molecular flexibility index (Phi) is 6.62. The standard InChI is InChI=1S/C29H32N2O8/c1-31(2)23-18-11-15-10-17-16(14-6-4-5-13(9-14)12-39-3)7-8-19(32)21(17)24(33)20(15)26(35)29(18,38)27(36)22(25(23)34)28(30)37/h4-9,15,18,22-23,25,32-34,38H,10-12H2,1-3H3,(H2,30,37)/t15-,18-,22?,23-,25?,29-/m1/s1. The molecule has 10 heteroatoms. The predicted octanol–water partition coefficient (Wildman–Crippen LogP) is 0.942. The van der Waals surface area contributed by atoms with E-state index in [1.807, 2.05) is 24.3 Å². The Bertz CT molecular complexity index is 1420. The summed E-state index contributed by atoms with van der Waals surface area (Å²) in [5, 5.41) is 44.9. The van der Waals surface area contributed by atoms with E-state index in [1.54, 1.807) is 32.2 Å². The van der Waals surface area contributed by atoms with Crippen LogP contribution in [0.2, 0.25) is 0 Å². The number of carbonyl (C=O) groups is 3. The van der Waals surface area contributed by atoms with Crippen LogP contribution in [0.5, 0.6) is 5.75 Å². The number of carbonyl (C=O) groups excluding carboxylic acids is 3. The molecule has 2 aromatic rings. The van der Waals surface area contributed by atoms with Gasteiger partial charge in [-0.05, 0) is 67.2 Å². The number of nitrogens with zero attached hydrogens (tertiary/aromatic N) is 1. The van der Waals surface area contributed by atoms with Crippen molar-refractivity contribution in [2.24, 2.45) is 23.5 Å². The predicted molar refractivity (Wildman–Crippen MR) is 140 cm³/mol. The summed E-state index contributed by atoms with van der Waals surface area (Å²) in [6.45, 7) is 0.398. The second-order valence-corrected chi connectivity index (χ2v) is 10.9. The lowest BCUT2D eigenvalue weighted by Crippen LogP contribution is -2.73. The van der Waals surface area contributed by atoms with Crippen LogP contribution in [0.4, 0.5) is 0 Å². The number of nitrogens with two attached hydrogens (primary N) is 1. The van der Waals surface area contributed by atoms with E-state index >= 15 is 0 Å². The van der Waals surface area contributed by atoms with Gasteiger partial charge in [0.15, 0.2) is 11.4 Å². The maximum absolute atomic E-state index is 13.9. The van der Waals surface area contributed by atoms with Crippen LogP contribution < -0.4 is 5.73 Å². The van der Waals surface area contributed by atoms with Gasteiger partial charge < -0.3 is 35.8 Å². The molecule has 0 radical (unpaired) electrons. The van der Waals surface area contributed by atoms with E-state index in [0.29, 0.717) is 12.2 Å². The Labute approximate surface area is 225 Å². The summed E-state index contributed by atoms with van der Waals surface area (Å²) in [4.78, 5) is 41.1. The van der Waals surface area contributed by atoms with Gasteiger partial charge in [0.2, 0.25) is 11.7 Å². The molecule has 0 aromatic heterocycles. The molecule has 2 aromatic carbocycles. The Hall–Kier alpha value is -3.57. The Morgan fingerprint density at radius 2 is 1.90 bits per heavy atom. The molecule has 1 amide bonds. The number of primary amides is 1. The van der Waals surface area contributed by atoms with Gasteiger partial charge in [0, 0.05) is 24.6 Å². The Morgan fingerprint density at radius 3 is 2.54 bits per heavy atom. The summed E-state index contributed by atoms with van der Waals surface area (Å²) in [6.07, 6.45) is -1.23. The third-order valence-corrected chi connectivity index (χ3v) is 8.52. The third-order valence-electron chi connectivity index (χ3n) is 8.52. The minimum absolute atomic E-state index is 0.0604. The number of hydrogen-bond donors (Lipinski definition) is 5. The molecule has 0 bridgehead atoms. The molecule has 0 aliphatic heterocycles. The molecule has 6 atom stereocenters. The van der Waals surface area contributed by atoms with E-state index in [-0.39, 0.29) is 29.7 Å². The number of aromatic hydroxyl groups is 1. The number of fused-ring (bicyclic) bond motifs is 3. The molecule has 0 saturated heterocycles. The van der Waals surface area contributed by atoms with E-state index in [9.17, 15) is 34.8 Å². The monoisotopic (exact) mass is 536 g/mol. The summed E-state index contributed by atoms with van der Waals surface area (Å²) < 4.78 is 5.25. The van der Waals surface area contributed by atoms with Gasteiger partial charge in [0.25, 0.3) is 0 Å². The molecule has 39 heavy (non-hydrogen) atoms. The van der Waals surface area contributed by atoms with Crippen LogP contribution in [0.25, 0.3) is 16.9 Å². The number of methoxy groups -OCH3 is 1. The van der Waals surface area contributed by atoms with Crippen molar-refractivity contribution in [3.8, 4) is 16.9 Å². The lowest BCUT2D eigenvalue weighted by Gasteiger charge is -2.53. The van der Waals surface area contributed by atoms with Crippen LogP contribution >= 0.6 is 0 Å². The molecular formula is C29H32N2O8. The van der Waals surface area contributed by atoms with Gasteiger partial charge in [-0.3, -0.25) is 14.4 Å². The SMILES string of the molecule is COCc1cccc(-c2ccc(O)c3c2C[C@@H]2C[C@@H]4[C@@H](N(C)C)C(O)C(C(N)=O)C(=O)[C@]4(O)C(=O)C2=C3O)c1. The number of phenols is 1. The van der Waals surface area contributed by atoms with E-state index in [4.69, 9.17) is 10.5 Å². The van der Waals surface area contributed by atoms with Crippen molar-refractivity contribution >= 4 is 23.2 Å². The molecule has 2 unspecified atom stereocenters. The Balaban J connectivity index is 1.68. The average Bonchev–Trinajstić information content (AvgIpc) is 2.86. The summed E-state index contributed by atoms with van der Waals surface area (Å²) in [5.74, 6) is -7.59. The fraction of sp³-hybridized carbons (Fsp3) is 0.414. The van der Waals surface area contributed by atoms with E-state index in [1.165, 1.54) is 6.07 Å². The lowest BCUT2D eigenvalue weighted by molar-refractivity contribution is -0.184. The van der Waals surface area contributed by atoms with Crippen LogP contribution in [0, 0.1) is 17.8 Å². The summed E-state index contributed by atoms with van der Waals surface area (Å²) >= 11 is 0. The molecule has 206 valence electrons. The maximum atomic E-state index is 13.9. The molecule has 0 spiro atoms. The first-order valence-corrected chi connectivity index (χ1v) is 12.7. The van der Waals surface area contributed by atoms with Gasteiger partial charge in [-0.1, -0.05) is 24.3 Å². The average molecular weight is 537 g/mol. The first kappa shape index (κ1) is 27.0. The Morgan fingerprint density at radius 1 is 1.18 bits per heavy atom. The smallest absolute Gasteiger partial charge is 0.230 e. The molecule has 2 fully saturated rings. The van der Waals surface area contributed by atoms with Crippen molar-refractivity contribution in [3.63, 3.8) is 0 Å². The molecule has 3 aliphatic rings. The van der Waals surface area contributed by atoms with Crippen molar-refractivity contribution in [1.29, 1.82) is 0 Å². The van der Waals surface area contributed by atoms with Gasteiger partial charge in [-0.25, -0.2) is 0 Å². The second-order valence-electron chi connectivity index (χ2n) is 10.9. The van der Waals surface area contributed by atoms with Crippen LogP contribution in [0.15, 0.2) is 42.0 Å². The van der Waals surface area contributed by atoms with Gasteiger partial charge in [-0.2, -0.15) is 0 Å². The first-order valence-electron chi connectivity index (χ1n) is 12.7. The maximum Gasteiger partial charge on any atom is 0.230 e. The van der Waals surface area contributed by atoms with Crippen LogP contribution in [0.1, 0.15) is 23.1 Å². The second kappa shape index (κ2) is 9.56. The zero-order valence-electron chi connectivity index (χ0n) is 21.9. The van der Waals surface area contributed by atoms with Crippen LogP contribution in [0.3, 0.4) is 0 Å². The van der Waals surface area contributed by atoms with Gasteiger partial charge in [0.05, 0.1) is 18.3 Å². The van der Waals surface area contributed by atoms with Gasteiger partial charge in [-0.15, -0.1) is 0 Å². The number of aliphatic hydroxyl groups is 3. The summed E-state index contributed by atoms with van der Waals surface area (Å²) in [7, 11) is 4.84. The fourth-order valence-electron chi connectivity index (χ4n) is 6.87. The minimum Gasteiger partial charge on any atom is -0.507 e. The number of ether oxygens (including phenoxy) is 1. The molecule has 2 saturated carbocycles. The van der Waals surface area contributed by atoms with Crippen molar-refractivity contribution < 1.29 is 39.5 Å². The number of ketones is 2. The zero-order valence-corrected chi connectivity index (χ0v) is 21.9. The lowest BCUT2D eigenvalue weighted by atomic mass is 9.54. The number of amides is 1. The summed E-state index contributed by atoms with van der Waals surface area (Å²) in [6, 6.07) is 9.87. The number of hydrogen-bond acceptors (Lipinski definition) is 9. The third kappa shape index (κ3) is 3.89. The highest BCUT2D eigenvalue weighted by molar-refractivity contribution is 6.25. The van der Waals surface area contributed by atoms with Crippen molar-refractivity contribution in [3.05, 3.63) is 58.7 Å². The van der Waals surface area contributed by atoms with Crippen molar-refractivity contribution in [2.75, 3.05) is 21.2 Å². The molecule has 3 aliphatic carbocycles. The van der Waals surface area contributed by atoms with Gasteiger partial charge in [0.1, 0.15) is 17.4 Å². The summed E-state index contributed by atoms with van der Waals surface area (Å²) in [5.41, 5.74) is 5.75. The fourth-order valence-corrected chi connectivity index (χ4v) is 6.87. The van der Waals surface area contributed by atoms with Crippen LogP contribution in [-0.4, -0.2) is 81.8 Å². The minimum atomic E-state index is -2.67. The van der Waals surface area contributed by atoms with E-state index < -0.39 is 58.7 Å². The topological polar surface area (TPSA) is 171 Å². The largest absolute Gasteiger partial charge is 0.507 e. The highest BCUT2D eigenvalue weighted by Crippen LogP contribution is 2.53. The zero-order chi connectivity index (χ0) is 28.4. The molecule has 6 N–H and O–H groups in total. The highest BCUT2D eigenvalue weighted by atomic mass is 16.5. The van der Waals surface area contributed by atoms with Crippen LogP contribution in [-0.2, 0) is 32.1 Å². The molecule has 5 rings (SSSR count). The quantitative estimate of drug-likeness (QED) is 0.349.